The number of carbonyl (C=O) groups is 2. The third-order valence-electron chi connectivity index (χ3n) is 4.92. The van der Waals surface area contributed by atoms with Crippen molar-refractivity contribution in [3.8, 4) is 11.1 Å². The number of hydrazine groups is 1. The van der Waals surface area contributed by atoms with Crippen molar-refractivity contribution in [2.45, 2.75) is 53.1 Å². The molecule has 2 aromatic rings. The Morgan fingerprint density at radius 1 is 0.933 bits per heavy atom. The molecule has 0 bridgehead atoms. The SMILES string of the molecule is CC(C)C[C@@H](C(=O)NN)[C@H](Cc1ccc(-c2ccccc2)cc1)C(=O)OC(C)(C)C. The minimum Gasteiger partial charge on any atom is -0.460 e. The molecule has 0 heterocycles. The van der Waals surface area contributed by atoms with Gasteiger partial charge in [-0.2, -0.15) is 0 Å². The van der Waals surface area contributed by atoms with Gasteiger partial charge in [-0.15, -0.1) is 0 Å². The van der Waals surface area contributed by atoms with Crippen LogP contribution >= 0.6 is 0 Å². The van der Waals surface area contributed by atoms with Gasteiger partial charge >= 0.3 is 5.97 Å². The number of ether oxygens (including phenoxy) is 1. The van der Waals surface area contributed by atoms with Crippen LogP contribution < -0.4 is 11.3 Å². The Kier molecular flexibility index (Phi) is 8.18. The van der Waals surface area contributed by atoms with Gasteiger partial charge in [0.2, 0.25) is 5.91 Å². The summed E-state index contributed by atoms with van der Waals surface area (Å²) in [6.45, 7) is 9.54. The van der Waals surface area contributed by atoms with Gasteiger partial charge in [0.15, 0.2) is 0 Å². The highest BCUT2D eigenvalue weighted by Crippen LogP contribution is 2.28. The maximum Gasteiger partial charge on any atom is 0.310 e. The van der Waals surface area contributed by atoms with Gasteiger partial charge in [-0.3, -0.25) is 15.0 Å². The molecule has 2 atom stereocenters. The van der Waals surface area contributed by atoms with E-state index >= 15 is 0 Å². The third kappa shape index (κ3) is 6.99. The topological polar surface area (TPSA) is 81.4 Å². The third-order valence-corrected chi connectivity index (χ3v) is 4.92. The zero-order valence-corrected chi connectivity index (χ0v) is 18.6. The number of benzene rings is 2. The predicted octanol–water partition coefficient (Wildman–Crippen LogP) is 4.51. The van der Waals surface area contributed by atoms with Crippen molar-refractivity contribution in [1.29, 1.82) is 0 Å². The van der Waals surface area contributed by atoms with E-state index in [1.165, 1.54) is 0 Å². The molecular weight excluding hydrogens is 376 g/mol. The highest BCUT2D eigenvalue weighted by atomic mass is 16.6. The second-order valence-corrected chi connectivity index (χ2v) is 9.15. The quantitative estimate of drug-likeness (QED) is 0.290. The molecule has 162 valence electrons. The Balaban J connectivity index is 2.31. The monoisotopic (exact) mass is 410 g/mol. The van der Waals surface area contributed by atoms with Crippen LogP contribution in [-0.2, 0) is 20.7 Å². The lowest BCUT2D eigenvalue weighted by Gasteiger charge is -2.29. The zero-order valence-electron chi connectivity index (χ0n) is 18.6. The summed E-state index contributed by atoms with van der Waals surface area (Å²) >= 11 is 0. The lowest BCUT2D eigenvalue weighted by Crippen LogP contribution is -2.44. The first-order valence-corrected chi connectivity index (χ1v) is 10.5. The fraction of sp³-hybridized carbons (Fsp3) is 0.440. The Morgan fingerprint density at radius 3 is 2.00 bits per heavy atom. The number of nitrogens with two attached hydrogens (primary N) is 1. The van der Waals surface area contributed by atoms with Crippen LogP contribution in [0.3, 0.4) is 0 Å². The predicted molar refractivity (Wildman–Crippen MR) is 120 cm³/mol. The molecule has 5 heteroatoms. The first-order chi connectivity index (χ1) is 14.1. The van der Waals surface area contributed by atoms with Crippen molar-refractivity contribution >= 4 is 11.9 Å². The van der Waals surface area contributed by atoms with E-state index in [4.69, 9.17) is 10.6 Å². The van der Waals surface area contributed by atoms with Crippen molar-refractivity contribution in [1.82, 2.24) is 5.43 Å². The number of esters is 1. The van der Waals surface area contributed by atoms with Gasteiger partial charge in [0.1, 0.15) is 5.60 Å². The molecule has 0 saturated heterocycles. The van der Waals surface area contributed by atoms with Crippen LogP contribution in [0.15, 0.2) is 54.6 Å². The summed E-state index contributed by atoms with van der Waals surface area (Å²) in [5.74, 6) is 3.80. The molecule has 0 fully saturated rings. The van der Waals surface area contributed by atoms with Crippen molar-refractivity contribution in [3.05, 3.63) is 60.2 Å². The number of rotatable bonds is 8. The molecule has 2 rings (SSSR count). The number of hydrogen-bond donors (Lipinski definition) is 2. The fourth-order valence-corrected chi connectivity index (χ4v) is 3.55. The van der Waals surface area contributed by atoms with Crippen LogP contribution in [0.1, 0.15) is 46.6 Å². The number of carbonyl (C=O) groups excluding carboxylic acids is 2. The van der Waals surface area contributed by atoms with Crippen molar-refractivity contribution < 1.29 is 14.3 Å². The molecule has 30 heavy (non-hydrogen) atoms. The Hall–Kier alpha value is -2.66. The molecular formula is C25H34N2O3. The smallest absolute Gasteiger partial charge is 0.310 e. The van der Waals surface area contributed by atoms with Crippen LogP contribution in [0, 0.1) is 17.8 Å². The van der Waals surface area contributed by atoms with Gasteiger partial charge in [-0.1, -0.05) is 68.4 Å². The van der Waals surface area contributed by atoms with Gasteiger partial charge in [0, 0.05) is 0 Å². The molecule has 5 nitrogen and oxygen atoms in total. The Labute approximate surface area is 180 Å². The normalized spacial score (nSPS) is 13.6. The molecule has 0 unspecified atom stereocenters. The molecule has 3 N–H and O–H groups in total. The summed E-state index contributed by atoms with van der Waals surface area (Å²) in [7, 11) is 0. The molecule has 0 saturated carbocycles. The maximum atomic E-state index is 13.1. The average Bonchev–Trinajstić information content (AvgIpc) is 2.69. The van der Waals surface area contributed by atoms with Gasteiger partial charge in [0.05, 0.1) is 11.8 Å². The van der Waals surface area contributed by atoms with E-state index in [1.807, 2.05) is 77.1 Å². The van der Waals surface area contributed by atoms with Crippen molar-refractivity contribution in [2.24, 2.45) is 23.6 Å². The summed E-state index contributed by atoms with van der Waals surface area (Å²) < 4.78 is 5.66. The number of hydrogen-bond acceptors (Lipinski definition) is 4. The summed E-state index contributed by atoms with van der Waals surface area (Å²) in [6, 6.07) is 18.2. The molecule has 0 aliphatic heterocycles. The van der Waals surface area contributed by atoms with E-state index < -0.39 is 17.4 Å². The number of nitrogens with one attached hydrogen (secondary N) is 1. The molecule has 2 aromatic carbocycles. The van der Waals surface area contributed by atoms with E-state index in [2.05, 4.69) is 17.6 Å². The molecule has 0 aliphatic rings. The van der Waals surface area contributed by atoms with Gasteiger partial charge < -0.3 is 4.74 Å². The summed E-state index contributed by atoms with van der Waals surface area (Å²) in [5, 5.41) is 0. The first kappa shape index (κ1) is 23.6. The summed E-state index contributed by atoms with van der Waals surface area (Å²) in [6.07, 6.45) is 0.962. The van der Waals surface area contributed by atoms with Gasteiger partial charge in [-0.25, -0.2) is 5.84 Å². The number of amides is 1. The van der Waals surface area contributed by atoms with E-state index in [0.29, 0.717) is 12.8 Å². The second kappa shape index (κ2) is 10.4. The van der Waals surface area contributed by atoms with Crippen molar-refractivity contribution in [2.75, 3.05) is 0 Å². The van der Waals surface area contributed by atoms with Crippen LogP contribution in [-0.4, -0.2) is 17.5 Å². The highest BCUT2D eigenvalue weighted by Gasteiger charge is 2.36. The molecule has 0 aliphatic carbocycles. The van der Waals surface area contributed by atoms with Crippen LogP contribution in [0.2, 0.25) is 0 Å². The first-order valence-electron chi connectivity index (χ1n) is 10.5. The zero-order chi connectivity index (χ0) is 22.3. The van der Waals surface area contributed by atoms with E-state index in [1.54, 1.807) is 0 Å². The van der Waals surface area contributed by atoms with Gasteiger partial charge in [0.25, 0.3) is 0 Å². The fourth-order valence-electron chi connectivity index (χ4n) is 3.55. The lowest BCUT2D eigenvalue weighted by atomic mass is 9.81. The van der Waals surface area contributed by atoms with Crippen LogP contribution in [0.5, 0.6) is 0 Å². The van der Waals surface area contributed by atoms with E-state index in [0.717, 1.165) is 16.7 Å². The van der Waals surface area contributed by atoms with E-state index in [9.17, 15) is 9.59 Å². The summed E-state index contributed by atoms with van der Waals surface area (Å²) in [4.78, 5) is 25.6. The maximum absolute atomic E-state index is 13.1. The molecule has 0 aromatic heterocycles. The average molecular weight is 411 g/mol. The second-order valence-electron chi connectivity index (χ2n) is 9.15. The largest absolute Gasteiger partial charge is 0.460 e. The standard InChI is InChI=1S/C25H34N2O3/c1-17(2)15-21(23(28)27-26)22(24(29)30-25(3,4)5)16-18-11-13-20(14-12-18)19-9-7-6-8-10-19/h6-14,17,21-22H,15-16,26H2,1-5H3,(H,27,28)/t21-,22+/m1/s1. The summed E-state index contributed by atoms with van der Waals surface area (Å²) in [5.41, 5.74) is 4.82. The Morgan fingerprint density at radius 2 is 1.50 bits per heavy atom. The Bertz CT molecular complexity index is 824. The minimum absolute atomic E-state index is 0.234. The highest BCUT2D eigenvalue weighted by molar-refractivity contribution is 5.85. The van der Waals surface area contributed by atoms with Crippen LogP contribution in [0.4, 0.5) is 0 Å². The molecule has 1 amide bonds. The van der Waals surface area contributed by atoms with E-state index in [-0.39, 0.29) is 17.8 Å². The minimum atomic E-state index is -0.631. The molecule has 0 spiro atoms. The van der Waals surface area contributed by atoms with Crippen molar-refractivity contribution in [3.63, 3.8) is 0 Å². The lowest BCUT2D eigenvalue weighted by molar-refractivity contribution is -0.164. The molecule has 0 radical (unpaired) electrons. The van der Waals surface area contributed by atoms with Crippen LogP contribution in [0.25, 0.3) is 11.1 Å². The van der Waals surface area contributed by atoms with Gasteiger partial charge in [-0.05, 0) is 56.2 Å².